The third kappa shape index (κ3) is 1.17. The number of rotatable bonds is 0. The number of furan rings is 1. The van der Waals surface area contributed by atoms with Crippen LogP contribution in [0.4, 0.5) is 0 Å². The molecule has 0 unspecified atom stereocenters. The molecule has 1 aliphatic carbocycles. The summed E-state index contributed by atoms with van der Waals surface area (Å²) < 4.78 is 5.79. The highest BCUT2D eigenvalue weighted by Crippen LogP contribution is 2.31. The number of fused-ring (bicyclic) bond motifs is 1. The largest absolute Gasteiger partial charge is 0.465 e. The Kier molecular flexibility index (Phi) is 1.57. The van der Waals surface area contributed by atoms with Gasteiger partial charge in [-0.15, -0.1) is 0 Å². The molecule has 0 bridgehead atoms. The quantitative estimate of drug-likeness (QED) is 0.574. The van der Waals surface area contributed by atoms with Gasteiger partial charge in [-0.25, -0.2) is 0 Å². The van der Waals surface area contributed by atoms with Crippen LogP contribution >= 0.6 is 0 Å². The van der Waals surface area contributed by atoms with E-state index in [0.29, 0.717) is 0 Å². The molecule has 0 atom stereocenters. The zero-order chi connectivity index (χ0) is 8.77. The van der Waals surface area contributed by atoms with Gasteiger partial charge in [-0.05, 0) is 24.5 Å². The monoisotopic (exact) mass is 164 g/mol. The summed E-state index contributed by atoms with van der Waals surface area (Å²) in [4.78, 5) is 0. The highest BCUT2D eigenvalue weighted by Gasteiger charge is 2.23. The highest BCUT2D eigenvalue weighted by atomic mass is 16.3. The van der Waals surface area contributed by atoms with Gasteiger partial charge >= 0.3 is 0 Å². The average molecular weight is 164 g/mol. The van der Waals surface area contributed by atoms with Crippen molar-refractivity contribution in [2.75, 3.05) is 0 Å². The molecule has 1 heteroatoms. The van der Waals surface area contributed by atoms with E-state index in [1.54, 1.807) is 0 Å². The second-order valence-electron chi connectivity index (χ2n) is 4.66. The van der Waals surface area contributed by atoms with Gasteiger partial charge in [0.1, 0.15) is 11.5 Å². The van der Waals surface area contributed by atoms with Gasteiger partial charge in [-0.1, -0.05) is 20.8 Å². The maximum Gasteiger partial charge on any atom is 0.109 e. The molecule has 0 aliphatic heterocycles. The third-order valence-corrected chi connectivity index (χ3v) is 2.49. The Labute approximate surface area is 73.8 Å². The van der Waals surface area contributed by atoms with Gasteiger partial charge in [0.25, 0.3) is 0 Å². The van der Waals surface area contributed by atoms with Gasteiger partial charge < -0.3 is 4.42 Å². The van der Waals surface area contributed by atoms with Crippen LogP contribution in [0.15, 0.2) is 10.5 Å². The molecule has 1 aromatic rings. The fourth-order valence-electron chi connectivity index (χ4n) is 1.70. The van der Waals surface area contributed by atoms with Crippen LogP contribution in [0.5, 0.6) is 0 Å². The number of hydrogen-bond donors (Lipinski definition) is 0. The predicted molar refractivity (Wildman–Crippen MR) is 49.4 cm³/mol. The van der Waals surface area contributed by atoms with Crippen molar-refractivity contribution in [2.45, 2.75) is 45.4 Å². The lowest BCUT2D eigenvalue weighted by Gasteiger charge is -2.14. The van der Waals surface area contributed by atoms with Gasteiger partial charge in [0.15, 0.2) is 0 Å². The lowest BCUT2D eigenvalue weighted by Crippen LogP contribution is -2.09. The first-order chi connectivity index (χ1) is 5.57. The Bertz CT molecular complexity index is 267. The molecule has 66 valence electrons. The van der Waals surface area contributed by atoms with Crippen molar-refractivity contribution < 1.29 is 4.42 Å². The molecule has 0 amide bonds. The van der Waals surface area contributed by atoms with Crippen molar-refractivity contribution in [3.8, 4) is 0 Å². The molecule has 1 heterocycles. The molecule has 0 fully saturated rings. The maximum absolute atomic E-state index is 5.79. The van der Waals surface area contributed by atoms with Crippen molar-refractivity contribution in [1.29, 1.82) is 0 Å². The first-order valence-corrected chi connectivity index (χ1v) is 4.69. The van der Waals surface area contributed by atoms with Crippen molar-refractivity contribution in [3.05, 3.63) is 23.2 Å². The Morgan fingerprint density at radius 1 is 1.25 bits per heavy atom. The van der Waals surface area contributed by atoms with Gasteiger partial charge in [0.05, 0.1) is 0 Å². The summed E-state index contributed by atoms with van der Waals surface area (Å²) >= 11 is 0. The molecular weight excluding hydrogens is 148 g/mol. The lowest BCUT2D eigenvalue weighted by molar-refractivity contribution is 0.388. The van der Waals surface area contributed by atoms with Crippen molar-refractivity contribution in [2.24, 2.45) is 0 Å². The number of aryl methyl sites for hydroxylation is 2. The summed E-state index contributed by atoms with van der Waals surface area (Å²) in [6.07, 6.45) is 3.64. The molecule has 0 aromatic carbocycles. The van der Waals surface area contributed by atoms with Crippen LogP contribution in [0.1, 0.15) is 44.3 Å². The van der Waals surface area contributed by atoms with Crippen molar-refractivity contribution in [1.82, 2.24) is 0 Å². The summed E-state index contributed by atoms with van der Waals surface area (Å²) in [5.74, 6) is 2.38. The summed E-state index contributed by atoms with van der Waals surface area (Å²) in [5, 5.41) is 0. The molecule has 0 radical (unpaired) electrons. The second kappa shape index (κ2) is 2.38. The smallest absolute Gasteiger partial charge is 0.109 e. The second-order valence-corrected chi connectivity index (χ2v) is 4.66. The summed E-state index contributed by atoms with van der Waals surface area (Å²) in [7, 11) is 0. The van der Waals surface area contributed by atoms with Crippen LogP contribution < -0.4 is 0 Å². The van der Waals surface area contributed by atoms with E-state index in [2.05, 4.69) is 26.8 Å². The van der Waals surface area contributed by atoms with Crippen molar-refractivity contribution >= 4 is 0 Å². The van der Waals surface area contributed by atoms with Gasteiger partial charge in [0.2, 0.25) is 0 Å². The van der Waals surface area contributed by atoms with E-state index in [4.69, 9.17) is 4.42 Å². The summed E-state index contributed by atoms with van der Waals surface area (Å²) in [5.41, 5.74) is 1.62. The fourth-order valence-corrected chi connectivity index (χ4v) is 1.70. The van der Waals surface area contributed by atoms with Gasteiger partial charge in [-0.2, -0.15) is 0 Å². The molecule has 12 heavy (non-hydrogen) atoms. The van der Waals surface area contributed by atoms with E-state index in [1.165, 1.54) is 24.2 Å². The molecule has 1 aromatic heterocycles. The fraction of sp³-hybridized carbons (Fsp3) is 0.636. The molecule has 0 N–H and O–H groups in total. The molecule has 1 nitrogen and oxygen atoms in total. The molecule has 1 aliphatic rings. The standard InChI is InChI=1S/C11H16O/c1-11(2,3)10-7-8-5-4-6-9(8)12-10/h7H,4-6H2,1-3H3. The zero-order valence-electron chi connectivity index (χ0n) is 8.11. The summed E-state index contributed by atoms with van der Waals surface area (Å²) in [6.45, 7) is 6.59. The van der Waals surface area contributed by atoms with Crippen LogP contribution in [0.2, 0.25) is 0 Å². The molecule has 0 saturated heterocycles. The van der Waals surface area contributed by atoms with Crippen LogP contribution in [0, 0.1) is 0 Å². The van der Waals surface area contributed by atoms with E-state index in [9.17, 15) is 0 Å². The maximum atomic E-state index is 5.79. The van der Waals surface area contributed by atoms with Crippen LogP contribution in [-0.2, 0) is 18.3 Å². The molecule has 0 saturated carbocycles. The van der Waals surface area contributed by atoms with E-state index in [0.717, 1.165) is 12.2 Å². The third-order valence-electron chi connectivity index (χ3n) is 2.49. The Morgan fingerprint density at radius 2 is 2.00 bits per heavy atom. The molecule has 2 rings (SSSR count). The van der Waals surface area contributed by atoms with E-state index < -0.39 is 0 Å². The molecular formula is C11H16O. The Morgan fingerprint density at radius 3 is 2.58 bits per heavy atom. The van der Waals surface area contributed by atoms with Crippen LogP contribution in [0.25, 0.3) is 0 Å². The van der Waals surface area contributed by atoms with Crippen LogP contribution in [0.3, 0.4) is 0 Å². The first kappa shape index (κ1) is 7.90. The Hall–Kier alpha value is -0.720. The minimum atomic E-state index is 0.171. The summed E-state index contributed by atoms with van der Waals surface area (Å²) in [6, 6.07) is 2.24. The lowest BCUT2D eigenvalue weighted by atomic mass is 9.93. The SMILES string of the molecule is CC(C)(C)c1cc2c(o1)CCC2. The van der Waals surface area contributed by atoms with Crippen molar-refractivity contribution in [3.63, 3.8) is 0 Å². The van der Waals surface area contributed by atoms with Crippen LogP contribution in [-0.4, -0.2) is 0 Å². The first-order valence-electron chi connectivity index (χ1n) is 4.69. The minimum absolute atomic E-state index is 0.171. The highest BCUT2D eigenvalue weighted by molar-refractivity contribution is 5.28. The topological polar surface area (TPSA) is 13.1 Å². The normalized spacial score (nSPS) is 16.6. The van der Waals surface area contributed by atoms with E-state index >= 15 is 0 Å². The Balaban J connectivity index is 2.38. The van der Waals surface area contributed by atoms with E-state index in [-0.39, 0.29) is 5.41 Å². The minimum Gasteiger partial charge on any atom is -0.465 e. The van der Waals surface area contributed by atoms with Gasteiger partial charge in [-0.3, -0.25) is 0 Å². The van der Waals surface area contributed by atoms with Gasteiger partial charge in [0, 0.05) is 11.8 Å². The zero-order valence-corrected chi connectivity index (χ0v) is 8.11. The predicted octanol–water partition coefficient (Wildman–Crippen LogP) is 3.07. The molecule has 0 spiro atoms. The van der Waals surface area contributed by atoms with E-state index in [1.807, 2.05) is 0 Å². The number of hydrogen-bond acceptors (Lipinski definition) is 1. The average Bonchev–Trinajstić information content (AvgIpc) is 2.37.